The molecule has 4 rings (SSSR count). The lowest BCUT2D eigenvalue weighted by atomic mass is 10.1. The molecule has 1 saturated heterocycles. The molecule has 1 aromatic heterocycles. The summed E-state index contributed by atoms with van der Waals surface area (Å²) in [4.78, 5) is 19.0. The van der Waals surface area contributed by atoms with Gasteiger partial charge in [0.2, 0.25) is 0 Å². The highest BCUT2D eigenvalue weighted by Gasteiger charge is 2.27. The third-order valence-electron chi connectivity index (χ3n) is 4.28. The van der Waals surface area contributed by atoms with E-state index in [1.165, 1.54) is 16.2 Å². The Labute approximate surface area is 153 Å². The fraction of sp³-hybridized carbons (Fsp3) is 0.263. The van der Waals surface area contributed by atoms with Crippen molar-refractivity contribution in [1.82, 2.24) is 4.98 Å². The van der Waals surface area contributed by atoms with Gasteiger partial charge >= 0.3 is 0 Å². The van der Waals surface area contributed by atoms with Crippen LogP contribution in [0.25, 0.3) is 10.2 Å². The van der Waals surface area contributed by atoms with Crippen molar-refractivity contribution in [3.63, 3.8) is 0 Å². The Bertz CT molecular complexity index is 900. The molecule has 0 bridgehead atoms. The van der Waals surface area contributed by atoms with E-state index >= 15 is 0 Å². The lowest BCUT2D eigenvalue weighted by Crippen LogP contribution is -2.37. The van der Waals surface area contributed by atoms with Crippen LogP contribution in [0.3, 0.4) is 0 Å². The predicted molar refractivity (Wildman–Crippen MR) is 96.6 cm³/mol. The fourth-order valence-electron chi connectivity index (χ4n) is 3.05. The van der Waals surface area contributed by atoms with Crippen LogP contribution in [0, 0.1) is 11.6 Å². The van der Waals surface area contributed by atoms with Gasteiger partial charge in [0.05, 0.1) is 22.9 Å². The summed E-state index contributed by atoms with van der Waals surface area (Å²) >= 11 is 1.37. The Morgan fingerprint density at radius 3 is 2.69 bits per heavy atom. The molecule has 2 aromatic carbocycles. The number of ether oxygens (including phenoxy) is 1. The van der Waals surface area contributed by atoms with Crippen molar-refractivity contribution in [2.24, 2.45) is 0 Å². The summed E-state index contributed by atoms with van der Waals surface area (Å²) in [6.45, 7) is 0.956. The molecule has 0 N–H and O–H groups in total. The number of carbonyl (C=O) groups is 1. The molecule has 2 heterocycles. The van der Waals surface area contributed by atoms with Crippen LogP contribution < -0.4 is 4.90 Å². The number of nitrogens with zero attached hydrogens (tertiary/aromatic N) is 2. The second-order valence-electron chi connectivity index (χ2n) is 6.17. The van der Waals surface area contributed by atoms with Crippen molar-refractivity contribution >= 4 is 32.6 Å². The molecule has 7 heteroatoms. The largest absolute Gasteiger partial charge is 0.376 e. The molecule has 1 aliphatic heterocycles. The second-order valence-corrected chi connectivity index (χ2v) is 7.18. The molecule has 3 aromatic rings. The second kappa shape index (κ2) is 7.09. The quantitative estimate of drug-likeness (QED) is 0.680. The summed E-state index contributed by atoms with van der Waals surface area (Å²) in [6.07, 6.45) is 1.66. The monoisotopic (exact) mass is 374 g/mol. The summed E-state index contributed by atoms with van der Waals surface area (Å²) in [5.74, 6) is -2.05. The van der Waals surface area contributed by atoms with E-state index in [0.717, 1.165) is 41.3 Å². The number of benzene rings is 2. The van der Waals surface area contributed by atoms with Gasteiger partial charge in [0.25, 0.3) is 5.91 Å². The smallest absolute Gasteiger partial charge is 0.260 e. The van der Waals surface area contributed by atoms with E-state index in [4.69, 9.17) is 4.74 Å². The van der Waals surface area contributed by atoms with E-state index in [0.29, 0.717) is 18.3 Å². The van der Waals surface area contributed by atoms with Crippen molar-refractivity contribution in [2.75, 3.05) is 18.1 Å². The van der Waals surface area contributed by atoms with Gasteiger partial charge in [-0.05, 0) is 37.1 Å². The molecule has 0 aliphatic carbocycles. The van der Waals surface area contributed by atoms with E-state index in [2.05, 4.69) is 4.98 Å². The number of fused-ring (bicyclic) bond motifs is 1. The van der Waals surface area contributed by atoms with E-state index in [1.54, 1.807) is 0 Å². The van der Waals surface area contributed by atoms with Crippen molar-refractivity contribution in [1.29, 1.82) is 0 Å². The van der Waals surface area contributed by atoms with Gasteiger partial charge in [-0.2, -0.15) is 0 Å². The zero-order valence-corrected chi connectivity index (χ0v) is 14.6. The molecule has 0 spiro atoms. The van der Waals surface area contributed by atoms with Gasteiger partial charge in [-0.15, -0.1) is 0 Å². The molecule has 1 amide bonds. The van der Waals surface area contributed by atoms with Gasteiger partial charge in [0, 0.05) is 18.2 Å². The van der Waals surface area contributed by atoms with Gasteiger partial charge in [0.1, 0.15) is 11.6 Å². The van der Waals surface area contributed by atoms with Crippen molar-refractivity contribution in [3.8, 4) is 0 Å². The summed E-state index contributed by atoms with van der Waals surface area (Å²) in [5.41, 5.74) is 0.739. The minimum absolute atomic E-state index is 0.0419. The summed E-state index contributed by atoms with van der Waals surface area (Å²) < 4.78 is 33.7. The van der Waals surface area contributed by atoms with E-state index in [9.17, 15) is 13.6 Å². The van der Waals surface area contributed by atoms with Gasteiger partial charge in [-0.1, -0.05) is 23.5 Å². The SMILES string of the molecule is O=C(c1cc(F)cc(F)c1)N(CC1CCCO1)c1nc2ccccc2s1. The van der Waals surface area contributed by atoms with Crippen molar-refractivity contribution < 1.29 is 18.3 Å². The van der Waals surface area contributed by atoms with Gasteiger partial charge in [-0.3, -0.25) is 9.69 Å². The maximum atomic E-state index is 13.6. The number of rotatable bonds is 4. The first-order valence-electron chi connectivity index (χ1n) is 8.35. The number of amides is 1. The average molecular weight is 374 g/mol. The number of halogens is 2. The predicted octanol–water partition coefficient (Wildman–Crippen LogP) is 4.40. The Hall–Kier alpha value is -2.38. The first-order valence-corrected chi connectivity index (χ1v) is 9.17. The standard InChI is InChI=1S/C19H16F2N2O2S/c20-13-8-12(9-14(21)10-13)18(24)23(11-15-4-3-7-25-15)19-22-16-5-1-2-6-17(16)26-19/h1-2,5-6,8-10,15H,3-4,7,11H2. The molecular formula is C19H16F2N2O2S. The number of thiazole rings is 1. The Morgan fingerprint density at radius 2 is 2.00 bits per heavy atom. The van der Waals surface area contributed by atoms with Crippen molar-refractivity contribution in [2.45, 2.75) is 18.9 Å². The first-order chi connectivity index (χ1) is 12.6. The van der Waals surface area contributed by atoms with Crippen LogP contribution >= 0.6 is 11.3 Å². The van der Waals surface area contributed by atoms with Gasteiger partial charge in [-0.25, -0.2) is 13.8 Å². The molecule has 4 nitrogen and oxygen atoms in total. The lowest BCUT2D eigenvalue weighted by Gasteiger charge is -2.23. The minimum Gasteiger partial charge on any atom is -0.376 e. The third-order valence-corrected chi connectivity index (χ3v) is 5.34. The molecule has 0 saturated carbocycles. The van der Waals surface area contributed by atoms with Crippen LogP contribution in [0.4, 0.5) is 13.9 Å². The van der Waals surface area contributed by atoms with Gasteiger partial charge in [0.15, 0.2) is 5.13 Å². The molecule has 1 aliphatic rings. The summed E-state index contributed by atoms with van der Waals surface area (Å²) in [5, 5.41) is 0.497. The lowest BCUT2D eigenvalue weighted by molar-refractivity contribution is 0.0916. The fourth-order valence-corrected chi connectivity index (χ4v) is 4.02. The van der Waals surface area contributed by atoms with Crippen LogP contribution in [0.2, 0.25) is 0 Å². The molecule has 1 atom stereocenters. The number of para-hydroxylation sites is 1. The molecular weight excluding hydrogens is 358 g/mol. The van der Waals surface area contributed by atoms with E-state index in [-0.39, 0.29) is 11.7 Å². The topological polar surface area (TPSA) is 42.4 Å². The molecule has 134 valence electrons. The third kappa shape index (κ3) is 3.45. The minimum atomic E-state index is -0.783. The van der Waals surface area contributed by atoms with Crippen LogP contribution in [-0.4, -0.2) is 30.1 Å². The zero-order chi connectivity index (χ0) is 18.1. The number of anilines is 1. The highest BCUT2D eigenvalue weighted by atomic mass is 32.1. The van der Waals surface area contributed by atoms with Crippen LogP contribution in [0.1, 0.15) is 23.2 Å². The Balaban J connectivity index is 1.72. The maximum Gasteiger partial charge on any atom is 0.260 e. The van der Waals surface area contributed by atoms with Crippen LogP contribution in [0.15, 0.2) is 42.5 Å². The summed E-state index contributed by atoms with van der Waals surface area (Å²) in [7, 11) is 0. The van der Waals surface area contributed by atoms with Crippen LogP contribution in [-0.2, 0) is 4.74 Å². The maximum absolute atomic E-state index is 13.6. The molecule has 1 unspecified atom stereocenters. The highest BCUT2D eigenvalue weighted by Crippen LogP contribution is 2.31. The average Bonchev–Trinajstić information content (AvgIpc) is 3.27. The zero-order valence-electron chi connectivity index (χ0n) is 13.8. The number of hydrogen-bond donors (Lipinski definition) is 0. The molecule has 26 heavy (non-hydrogen) atoms. The normalized spacial score (nSPS) is 16.9. The Kier molecular flexibility index (Phi) is 4.65. The molecule has 0 radical (unpaired) electrons. The number of carbonyl (C=O) groups excluding carboxylic acids is 1. The Morgan fingerprint density at radius 1 is 1.23 bits per heavy atom. The first kappa shape index (κ1) is 17.1. The number of aromatic nitrogens is 1. The highest BCUT2D eigenvalue weighted by molar-refractivity contribution is 7.22. The number of hydrogen-bond acceptors (Lipinski definition) is 4. The van der Waals surface area contributed by atoms with Crippen molar-refractivity contribution in [3.05, 3.63) is 59.7 Å². The van der Waals surface area contributed by atoms with E-state index in [1.807, 2.05) is 24.3 Å². The summed E-state index contributed by atoms with van der Waals surface area (Å²) in [6, 6.07) is 10.4. The molecule has 1 fully saturated rings. The van der Waals surface area contributed by atoms with E-state index < -0.39 is 17.5 Å². The van der Waals surface area contributed by atoms with Gasteiger partial charge < -0.3 is 4.74 Å². The van der Waals surface area contributed by atoms with Crippen LogP contribution in [0.5, 0.6) is 0 Å².